The van der Waals surface area contributed by atoms with E-state index in [0.717, 1.165) is 16.9 Å². The Morgan fingerprint density at radius 3 is 2.73 bits per heavy atom. The summed E-state index contributed by atoms with van der Waals surface area (Å²) >= 11 is 0. The van der Waals surface area contributed by atoms with Crippen molar-refractivity contribution in [3.8, 4) is 5.75 Å². The Balaban J connectivity index is 2.90. The van der Waals surface area contributed by atoms with Crippen LogP contribution in [0.15, 0.2) is 30.4 Å². The molecule has 0 radical (unpaired) electrons. The third kappa shape index (κ3) is 3.40. The normalized spacial score (nSPS) is 12.3. The van der Waals surface area contributed by atoms with Crippen LogP contribution in [-0.4, -0.2) is 6.61 Å². The predicted octanol–water partition coefficient (Wildman–Crippen LogP) is 2.97. The monoisotopic (exact) mass is 205 g/mol. The molecule has 0 heterocycles. The van der Waals surface area contributed by atoms with Gasteiger partial charge >= 0.3 is 0 Å². The zero-order chi connectivity index (χ0) is 11.4. The minimum atomic E-state index is -0.00924. The van der Waals surface area contributed by atoms with E-state index in [-0.39, 0.29) is 6.04 Å². The minimum Gasteiger partial charge on any atom is -0.489 e. The molecule has 82 valence electrons. The summed E-state index contributed by atoms with van der Waals surface area (Å²) in [5.41, 5.74) is 9.14. The predicted molar refractivity (Wildman–Crippen MR) is 64.1 cm³/mol. The van der Waals surface area contributed by atoms with Crippen LogP contribution in [-0.2, 0) is 0 Å². The van der Waals surface area contributed by atoms with Gasteiger partial charge in [0.15, 0.2) is 0 Å². The second-order valence-corrected chi connectivity index (χ2v) is 4.08. The molecule has 0 amide bonds. The van der Waals surface area contributed by atoms with Gasteiger partial charge in [-0.15, -0.1) is 0 Å². The van der Waals surface area contributed by atoms with Crippen LogP contribution >= 0.6 is 0 Å². The SMILES string of the molecule is C=C(C)COc1ccc(C)cc1[C@@H](C)N. The third-order valence-corrected chi connectivity index (χ3v) is 2.13. The Hall–Kier alpha value is -1.28. The second-order valence-electron chi connectivity index (χ2n) is 4.08. The first-order chi connectivity index (χ1) is 7.00. The van der Waals surface area contributed by atoms with Crippen LogP contribution in [0.25, 0.3) is 0 Å². The molecule has 0 unspecified atom stereocenters. The van der Waals surface area contributed by atoms with E-state index >= 15 is 0 Å². The molecule has 0 aliphatic heterocycles. The van der Waals surface area contributed by atoms with Gasteiger partial charge in [0.2, 0.25) is 0 Å². The number of hydrogen-bond donors (Lipinski definition) is 1. The maximum atomic E-state index is 5.89. The first-order valence-corrected chi connectivity index (χ1v) is 5.14. The molecule has 1 aromatic carbocycles. The molecule has 0 saturated heterocycles. The Morgan fingerprint density at radius 2 is 2.20 bits per heavy atom. The molecular weight excluding hydrogens is 186 g/mol. The van der Waals surface area contributed by atoms with Crippen molar-refractivity contribution in [3.05, 3.63) is 41.5 Å². The van der Waals surface area contributed by atoms with Gasteiger partial charge in [-0.05, 0) is 32.4 Å². The summed E-state index contributed by atoms with van der Waals surface area (Å²) in [5.74, 6) is 0.860. The van der Waals surface area contributed by atoms with Crippen LogP contribution in [0.3, 0.4) is 0 Å². The molecule has 0 fully saturated rings. The van der Waals surface area contributed by atoms with E-state index in [1.165, 1.54) is 5.56 Å². The van der Waals surface area contributed by atoms with Crippen molar-refractivity contribution in [3.63, 3.8) is 0 Å². The highest BCUT2D eigenvalue weighted by molar-refractivity contribution is 5.38. The molecule has 15 heavy (non-hydrogen) atoms. The maximum Gasteiger partial charge on any atom is 0.124 e. The molecular formula is C13H19NO. The van der Waals surface area contributed by atoms with E-state index in [9.17, 15) is 0 Å². The van der Waals surface area contributed by atoms with E-state index in [4.69, 9.17) is 10.5 Å². The van der Waals surface area contributed by atoms with Crippen LogP contribution in [0.2, 0.25) is 0 Å². The molecule has 2 nitrogen and oxygen atoms in total. The maximum absolute atomic E-state index is 5.89. The van der Waals surface area contributed by atoms with Gasteiger partial charge < -0.3 is 10.5 Å². The van der Waals surface area contributed by atoms with Crippen molar-refractivity contribution < 1.29 is 4.74 Å². The van der Waals surface area contributed by atoms with Crippen LogP contribution < -0.4 is 10.5 Å². The zero-order valence-electron chi connectivity index (χ0n) is 9.71. The first kappa shape index (κ1) is 11.8. The van der Waals surface area contributed by atoms with Crippen molar-refractivity contribution in [1.29, 1.82) is 0 Å². The Kier molecular flexibility index (Phi) is 3.92. The lowest BCUT2D eigenvalue weighted by molar-refractivity contribution is 0.347. The number of benzene rings is 1. The number of rotatable bonds is 4. The number of hydrogen-bond acceptors (Lipinski definition) is 2. The van der Waals surface area contributed by atoms with E-state index in [0.29, 0.717) is 6.61 Å². The van der Waals surface area contributed by atoms with Crippen LogP contribution in [0, 0.1) is 6.92 Å². The summed E-state index contributed by atoms with van der Waals surface area (Å²) in [7, 11) is 0. The van der Waals surface area contributed by atoms with Crippen molar-refractivity contribution >= 4 is 0 Å². The Labute approximate surface area is 91.7 Å². The lowest BCUT2D eigenvalue weighted by Crippen LogP contribution is -2.09. The smallest absolute Gasteiger partial charge is 0.124 e. The average Bonchev–Trinajstić information content (AvgIpc) is 2.15. The van der Waals surface area contributed by atoms with Gasteiger partial charge in [0.1, 0.15) is 12.4 Å². The molecule has 0 aromatic heterocycles. The third-order valence-electron chi connectivity index (χ3n) is 2.13. The Bertz CT molecular complexity index is 356. The Morgan fingerprint density at radius 1 is 1.53 bits per heavy atom. The van der Waals surface area contributed by atoms with Crippen molar-refractivity contribution in [2.24, 2.45) is 5.73 Å². The van der Waals surface area contributed by atoms with Gasteiger partial charge in [-0.3, -0.25) is 0 Å². The summed E-state index contributed by atoms with van der Waals surface area (Å²) in [5, 5.41) is 0. The highest BCUT2D eigenvalue weighted by atomic mass is 16.5. The summed E-state index contributed by atoms with van der Waals surface area (Å²) in [4.78, 5) is 0. The van der Waals surface area contributed by atoms with Gasteiger partial charge in [-0.2, -0.15) is 0 Å². The van der Waals surface area contributed by atoms with E-state index in [1.807, 2.05) is 26.0 Å². The molecule has 0 aliphatic rings. The van der Waals surface area contributed by atoms with Gasteiger partial charge in [0, 0.05) is 11.6 Å². The lowest BCUT2D eigenvalue weighted by Gasteiger charge is -2.14. The van der Waals surface area contributed by atoms with Crippen molar-refractivity contribution in [2.45, 2.75) is 26.8 Å². The van der Waals surface area contributed by atoms with Crippen molar-refractivity contribution in [1.82, 2.24) is 0 Å². The van der Waals surface area contributed by atoms with Gasteiger partial charge in [-0.25, -0.2) is 0 Å². The molecule has 2 heteroatoms. The van der Waals surface area contributed by atoms with E-state index in [2.05, 4.69) is 19.6 Å². The molecule has 1 aromatic rings. The summed E-state index contributed by atoms with van der Waals surface area (Å²) in [6.07, 6.45) is 0. The van der Waals surface area contributed by atoms with E-state index < -0.39 is 0 Å². The molecule has 0 bridgehead atoms. The second kappa shape index (κ2) is 4.99. The molecule has 2 N–H and O–H groups in total. The molecule has 0 saturated carbocycles. The average molecular weight is 205 g/mol. The topological polar surface area (TPSA) is 35.2 Å². The molecule has 0 aliphatic carbocycles. The fraction of sp³-hybridized carbons (Fsp3) is 0.385. The van der Waals surface area contributed by atoms with Gasteiger partial charge in [-0.1, -0.05) is 24.3 Å². The molecule has 1 rings (SSSR count). The fourth-order valence-electron chi connectivity index (χ4n) is 1.36. The summed E-state index contributed by atoms with van der Waals surface area (Å²) < 4.78 is 5.64. The zero-order valence-corrected chi connectivity index (χ0v) is 9.71. The highest BCUT2D eigenvalue weighted by Gasteiger charge is 2.08. The quantitative estimate of drug-likeness (QED) is 0.767. The lowest BCUT2D eigenvalue weighted by atomic mass is 10.1. The highest BCUT2D eigenvalue weighted by Crippen LogP contribution is 2.25. The van der Waals surface area contributed by atoms with Crippen molar-refractivity contribution in [2.75, 3.05) is 6.61 Å². The minimum absolute atomic E-state index is 0.00924. The summed E-state index contributed by atoms with van der Waals surface area (Å²) in [6, 6.07) is 6.06. The van der Waals surface area contributed by atoms with Gasteiger partial charge in [0.25, 0.3) is 0 Å². The van der Waals surface area contributed by atoms with Crippen LogP contribution in [0.5, 0.6) is 5.75 Å². The molecule has 0 spiro atoms. The van der Waals surface area contributed by atoms with Gasteiger partial charge in [0.05, 0.1) is 0 Å². The number of aryl methyl sites for hydroxylation is 1. The fourth-order valence-corrected chi connectivity index (χ4v) is 1.36. The standard InChI is InChI=1S/C13H19NO/c1-9(2)8-15-13-6-5-10(3)7-12(13)11(4)14/h5-7,11H,1,8,14H2,2-4H3/t11-/m1/s1. The van der Waals surface area contributed by atoms with Crippen LogP contribution in [0.1, 0.15) is 31.0 Å². The number of ether oxygens (including phenoxy) is 1. The molecule has 1 atom stereocenters. The summed E-state index contributed by atoms with van der Waals surface area (Å²) in [6.45, 7) is 10.3. The largest absolute Gasteiger partial charge is 0.489 e. The first-order valence-electron chi connectivity index (χ1n) is 5.14. The number of nitrogens with two attached hydrogens (primary N) is 1. The van der Waals surface area contributed by atoms with Crippen LogP contribution in [0.4, 0.5) is 0 Å². The van der Waals surface area contributed by atoms with E-state index in [1.54, 1.807) is 0 Å².